The van der Waals surface area contributed by atoms with E-state index in [0.717, 1.165) is 11.1 Å². The first-order chi connectivity index (χ1) is 10.0. The molecule has 3 rings (SSSR count). The van der Waals surface area contributed by atoms with E-state index in [9.17, 15) is 4.39 Å². The van der Waals surface area contributed by atoms with Crippen LogP contribution in [-0.2, 0) is 0 Å². The second kappa shape index (κ2) is 5.33. The van der Waals surface area contributed by atoms with Crippen LogP contribution in [0.15, 0.2) is 48.0 Å². The molecule has 0 N–H and O–H groups in total. The average Bonchev–Trinajstić information content (AvgIpc) is 2.75. The van der Waals surface area contributed by atoms with Gasteiger partial charge in [0.1, 0.15) is 5.82 Å². The second-order valence-electron chi connectivity index (χ2n) is 5.94. The molecule has 0 fully saturated rings. The van der Waals surface area contributed by atoms with Crippen molar-refractivity contribution in [3.8, 4) is 0 Å². The third-order valence-electron chi connectivity index (χ3n) is 4.01. The minimum atomic E-state index is -0.180. The first kappa shape index (κ1) is 13.8. The van der Waals surface area contributed by atoms with Gasteiger partial charge in [-0.3, -0.25) is 0 Å². The summed E-state index contributed by atoms with van der Waals surface area (Å²) in [4.78, 5) is 0. The van der Waals surface area contributed by atoms with Crippen LogP contribution in [0.2, 0.25) is 0 Å². The first-order valence-electron chi connectivity index (χ1n) is 7.35. The van der Waals surface area contributed by atoms with Crippen LogP contribution in [-0.4, -0.2) is 0 Å². The maximum Gasteiger partial charge on any atom is 0.123 e. The molecule has 0 atom stereocenters. The van der Waals surface area contributed by atoms with E-state index in [1.807, 2.05) is 12.1 Å². The monoisotopic (exact) mass is 278 g/mol. The minimum absolute atomic E-state index is 0.180. The van der Waals surface area contributed by atoms with Gasteiger partial charge in [0.05, 0.1) is 0 Å². The van der Waals surface area contributed by atoms with Gasteiger partial charge in [0, 0.05) is 0 Å². The topological polar surface area (TPSA) is 0 Å². The van der Waals surface area contributed by atoms with Gasteiger partial charge < -0.3 is 0 Å². The van der Waals surface area contributed by atoms with Crippen LogP contribution in [0.25, 0.3) is 17.7 Å². The third-order valence-corrected chi connectivity index (χ3v) is 4.01. The zero-order valence-electron chi connectivity index (χ0n) is 12.7. The number of rotatable bonds is 2. The molecule has 0 heterocycles. The van der Waals surface area contributed by atoms with Crippen molar-refractivity contribution >= 4 is 17.7 Å². The highest BCUT2D eigenvalue weighted by molar-refractivity contribution is 6.01. The van der Waals surface area contributed by atoms with Crippen molar-refractivity contribution < 1.29 is 4.39 Å². The molecular formula is C20H19F. The van der Waals surface area contributed by atoms with Crippen LogP contribution in [0.1, 0.15) is 48.9 Å². The largest absolute Gasteiger partial charge is 0.207 e. The third kappa shape index (κ3) is 2.69. The highest BCUT2D eigenvalue weighted by Gasteiger charge is 2.16. The zero-order chi connectivity index (χ0) is 15.0. The summed E-state index contributed by atoms with van der Waals surface area (Å²) in [5.41, 5.74) is 6.97. The molecule has 0 spiro atoms. The Labute approximate surface area is 125 Å². The van der Waals surface area contributed by atoms with Crippen molar-refractivity contribution in [1.29, 1.82) is 0 Å². The summed E-state index contributed by atoms with van der Waals surface area (Å²) in [7, 11) is 0. The lowest BCUT2D eigenvalue weighted by molar-refractivity contribution is 0.627. The van der Waals surface area contributed by atoms with Crippen molar-refractivity contribution in [2.75, 3.05) is 0 Å². The summed E-state index contributed by atoms with van der Waals surface area (Å²) in [6, 6.07) is 13.6. The number of fused-ring (bicyclic) bond motifs is 1. The minimum Gasteiger partial charge on any atom is -0.207 e. The summed E-state index contributed by atoms with van der Waals surface area (Å²) in [5.74, 6) is 0.365. The fourth-order valence-electron chi connectivity index (χ4n) is 2.76. The molecule has 0 aliphatic heterocycles. The molecule has 1 heteroatoms. The Morgan fingerprint density at radius 2 is 1.71 bits per heavy atom. The fourth-order valence-corrected chi connectivity index (χ4v) is 2.76. The van der Waals surface area contributed by atoms with E-state index in [4.69, 9.17) is 0 Å². The Bertz CT molecular complexity index is 731. The molecule has 0 radical (unpaired) electrons. The quantitative estimate of drug-likeness (QED) is 0.641. The Hall–Kier alpha value is -2.15. The van der Waals surface area contributed by atoms with E-state index in [0.29, 0.717) is 5.92 Å². The highest BCUT2D eigenvalue weighted by atomic mass is 19.1. The van der Waals surface area contributed by atoms with E-state index in [1.54, 1.807) is 6.07 Å². The summed E-state index contributed by atoms with van der Waals surface area (Å²) in [5, 5.41) is 0. The Kier molecular flexibility index (Phi) is 3.50. The number of benzene rings is 2. The number of halogens is 1. The van der Waals surface area contributed by atoms with Gasteiger partial charge in [-0.15, -0.1) is 0 Å². The molecule has 21 heavy (non-hydrogen) atoms. The van der Waals surface area contributed by atoms with E-state index < -0.39 is 0 Å². The maximum absolute atomic E-state index is 13.3. The van der Waals surface area contributed by atoms with Crippen LogP contribution >= 0.6 is 0 Å². The highest BCUT2D eigenvalue weighted by Crippen LogP contribution is 2.36. The normalized spacial score (nSPS) is 15.5. The van der Waals surface area contributed by atoms with Crippen LogP contribution in [0.5, 0.6) is 0 Å². The van der Waals surface area contributed by atoms with Gasteiger partial charge in [-0.2, -0.15) is 0 Å². The number of allylic oxidation sites excluding steroid dienone is 2. The fraction of sp³-hybridized carbons (Fsp3) is 0.200. The Morgan fingerprint density at radius 3 is 2.38 bits per heavy atom. The Balaban J connectivity index is 1.99. The van der Waals surface area contributed by atoms with Gasteiger partial charge in [-0.1, -0.05) is 50.3 Å². The van der Waals surface area contributed by atoms with Crippen LogP contribution in [0.3, 0.4) is 0 Å². The predicted molar refractivity (Wildman–Crippen MR) is 88.5 cm³/mol. The van der Waals surface area contributed by atoms with E-state index >= 15 is 0 Å². The van der Waals surface area contributed by atoms with Gasteiger partial charge in [-0.05, 0) is 64.5 Å². The van der Waals surface area contributed by atoms with Crippen molar-refractivity contribution in [2.45, 2.75) is 26.7 Å². The summed E-state index contributed by atoms with van der Waals surface area (Å²) >= 11 is 0. The molecule has 1 aliphatic rings. The average molecular weight is 278 g/mol. The lowest BCUT2D eigenvalue weighted by Crippen LogP contribution is -1.87. The molecule has 0 amide bonds. The van der Waals surface area contributed by atoms with Gasteiger partial charge in [0.2, 0.25) is 0 Å². The second-order valence-corrected chi connectivity index (χ2v) is 5.94. The molecule has 0 unspecified atom stereocenters. The molecule has 0 saturated heterocycles. The van der Waals surface area contributed by atoms with Crippen LogP contribution in [0, 0.1) is 5.82 Å². The predicted octanol–water partition coefficient (Wildman–Crippen LogP) is 5.91. The van der Waals surface area contributed by atoms with E-state index in [-0.39, 0.29) is 5.82 Å². The molecule has 1 aliphatic carbocycles. The summed E-state index contributed by atoms with van der Waals surface area (Å²) < 4.78 is 13.3. The molecule has 0 aromatic heterocycles. The maximum atomic E-state index is 13.3. The van der Waals surface area contributed by atoms with Gasteiger partial charge in [0.25, 0.3) is 0 Å². The van der Waals surface area contributed by atoms with Crippen molar-refractivity contribution in [1.82, 2.24) is 0 Å². The Morgan fingerprint density at radius 1 is 1.00 bits per heavy atom. The standard InChI is InChI=1S/C20H19F/c1-13(2)16-6-4-15(5-7-16)11-20-14(3)10-17-12-18(21)8-9-19(17)20/h4-13H,1-3H3. The van der Waals surface area contributed by atoms with E-state index in [2.05, 4.69) is 51.1 Å². The lowest BCUT2D eigenvalue weighted by atomic mass is 9.98. The van der Waals surface area contributed by atoms with Crippen LogP contribution in [0.4, 0.5) is 4.39 Å². The number of hydrogen-bond acceptors (Lipinski definition) is 0. The van der Waals surface area contributed by atoms with Crippen molar-refractivity contribution in [2.24, 2.45) is 0 Å². The molecule has 0 saturated carbocycles. The molecule has 0 bridgehead atoms. The molecular weight excluding hydrogens is 259 g/mol. The summed E-state index contributed by atoms with van der Waals surface area (Å²) in [6.07, 6.45) is 4.23. The van der Waals surface area contributed by atoms with Gasteiger partial charge in [0.15, 0.2) is 0 Å². The molecule has 2 aromatic rings. The van der Waals surface area contributed by atoms with E-state index in [1.165, 1.54) is 28.3 Å². The number of hydrogen-bond donors (Lipinski definition) is 0. The van der Waals surface area contributed by atoms with Crippen molar-refractivity contribution in [3.63, 3.8) is 0 Å². The van der Waals surface area contributed by atoms with Crippen molar-refractivity contribution in [3.05, 3.63) is 76.1 Å². The zero-order valence-corrected chi connectivity index (χ0v) is 12.7. The first-order valence-corrected chi connectivity index (χ1v) is 7.35. The molecule has 106 valence electrons. The summed E-state index contributed by atoms with van der Waals surface area (Å²) in [6.45, 7) is 6.47. The van der Waals surface area contributed by atoms with Crippen LogP contribution < -0.4 is 0 Å². The molecule has 2 aromatic carbocycles. The molecule has 0 nitrogen and oxygen atoms in total. The van der Waals surface area contributed by atoms with Gasteiger partial charge >= 0.3 is 0 Å². The van der Waals surface area contributed by atoms with Gasteiger partial charge in [-0.25, -0.2) is 4.39 Å². The SMILES string of the molecule is CC1=Cc2cc(F)ccc2C1=Cc1ccc(C(C)C)cc1. The lowest BCUT2D eigenvalue weighted by Gasteiger charge is -2.07. The smallest absolute Gasteiger partial charge is 0.123 e.